The average Bonchev–Trinajstić information content (AvgIpc) is 2.54. The van der Waals surface area contributed by atoms with E-state index < -0.39 is 29.6 Å². The van der Waals surface area contributed by atoms with Crippen LogP contribution in [0.25, 0.3) is 0 Å². The lowest BCUT2D eigenvalue weighted by Crippen LogP contribution is -2.55. The largest absolute Gasteiger partial charge is 0.489 e. The monoisotopic (exact) mass is 347 g/mol. The number of halogens is 4. The van der Waals surface area contributed by atoms with Gasteiger partial charge in [-0.3, -0.25) is 4.90 Å². The maximum Gasteiger partial charge on any atom is 0.419 e. The van der Waals surface area contributed by atoms with Crippen LogP contribution in [0.15, 0.2) is 12.1 Å². The molecule has 24 heavy (non-hydrogen) atoms. The highest BCUT2D eigenvalue weighted by Gasteiger charge is 2.39. The molecule has 1 saturated heterocycles. The molecule has 0 spiro atoms. The molecule has 1 aromatic carbocycles. The Morgan fingerprint density at radius 1 is 1.29 bits per heavy atom. The van der Waals surface area contributed by atoms with Gasteiger partial charge in [0.2, 0.25) is 0 Å². The molecule has 5 nitrogen and oxygen atoms in total. The first-order valence-electron chi connectivity index (χ1n) is 7.61. The predicted octanol–water partition coefficient (Wildman–Crippen LogP) is 2.46. The first-order valence-corrected chi connectivity index (χ1v) is 7.61. The van der Waals surface area contributed by atoms with Crippen LogP contribution in [0.2, 0.25) is 0 Å². The lowest BCUT2D eigenvalue weighted by molar-refractivity contribution is -0.140. The first-order chi connectivity index (χ1) is 11.3. The smallest absolute Gasteiger partial charge is 0.419 e. The number of rotatable bonds is 0. The van der Waals surface area contributed by atoms with Crippen LogP contribution >= 0.6 is 0 Å². The van der Waals surface area contributed by atoms with Crippen molar-refractivity contribution >= 4 is 11.7 Å². The summed E-state index contributed by atoms with van der Waals surface area (Å²) in [4.78, 5) is 15.6. The van der Waals surface area contributed by atoms with E-state index in [1.807, 2.05) is 0 Å². The van der Waals surface area contributed by atoms with Crippen LogP contribution in [-0.2, 0) is 6.18 Å². The summed E-state index contributed by atoms with van der Waals surface area (Å²) in [6, 6.07) is 0.502. The number of fused-ring (bicyclic) bond motifs is 1. The molecular weight excluding hydrogens is 330 g/mol. The second-order valence-electron chi connectivity index (χ2n) is 5.85. The lowest BCUT2D eigenvalue weighted by Gasteiger charge is -2.39. The van der Waals surface area contributed by atoms with Gasteiger partial charge in [0.25, 0.3) is 0 Å². The maximum atomic E-state index is 13.7. The fourth-order valence-corrected chi connectivity index (χ4v) is 2.89. The molecule has 3 rings (SSSR count). The van der Waals surface area contributed by atoms with E-state index in [1.54, 1.807) is 11.8 Å². The van der Waals surface area contributed by atoms with Gasteiger partial charge < -0.3 is 15.0 Å². The molecule has 0 aromatic heterocycles. The molecule has 1 N–H and O–H groups in total. The summed E-state index contributed by atoms with van der Waals surface area (Å²) in [5.41, 5.74) is -1.46. The quantitative estimate of drug-likeness (QED) is 0.734. The summed E-state index contributed by atoms with van der Waals surface area (Å²) >= 11 is 0. The molecule has 132 valence electrons. The van der Waals surface area contributed by atoms with Gasteiger partial charge in [-0.2, -0.15) is 13.2 Å². The zero-order valence-corrected chi connectivity index (χ0v) is 13.0. The highest BCUT2D eigenvalue weighted by atomic mass is 19.4. The van der Waals surface area contributed by atoms with Gasteiger partial charge in [-0.1, -0.05) is 0 Å². The zero-order valence-electron chi connectivity index (χ0n) is 13.0. The summed E-state index contributed by atoms with van der Waals surface area (Å²) in [5.74, 6) is -1.47. The molecule has 0 bridgehead atoms. The second kappa shape index (κ2) is 6.12. The molecule has 9 heteroatoms. The van der Waals surface area contributed by atoms with E-state index in [1.165, 1.54) is 4.90 Å². The number of carbonyl (C=O) groups is 1. The molecule has 2 amide bonds. The minimum absolute atomic E-state index is 0.0500. The van der Waals surface area contributed by atoms with Crippen molar-refractivity contribution in [2.75, 3.05) is 37.7 Å². The molecule has 2 aliphatic heterocycles. The van der Waals surface area contributed by atoms with Crippen LogP contribution in [0.5, 0.6) is 5.75 Å². The molecule has 0 radical (unpaired) electrons. The lowest BCUT2D eigenvalue weighted by atomic mass is 10.1. The van der Waals surface area contributed by atoms with Crippen molar-refractivity contribution in [3.8, 4) is 5.75 Å². The molecule has 1 fully saturated rings. The number of urea groups is 1. The summed E-state index contributed by atoms with van der Waals surface area (Å²) in [6.07, 6.45) is -4.84. The van der Waals surface area contributed by atoms with E-state index in [2.05, 4.69) is 5.32 Å². The van der Waals surface area contributed by atoms with E-state index in [-0.39, 0.29) is 18.0 Å². The Morgan fingerprint density at radius 2 is 1.96 bits per heavy atom. The van der Waals surface area contributed by atoms with Crippen molar-refractivity contribution in [3.63, 3.8) is 0 Å². The van der Waals surface area contributed by atoms with Crippen molar-refractivity contribution in [3.05, 3.63) is 23.5 Å². The standard InChI is InChI=1S/C15H17F4N3O2/c1-9-8-24-13-7-11(16)10(15(17,18)19)6-12(13)22(9)14(23)21-4-2-20-3-5-21/h6-7,9,20H,2-5,8H2,1H3. The van der Waals surface area contributed by atoms with Gasteiger partial charge in [0.1, 0.15) is 18.2 Å². The highest BCUT2D eigenvalue weighted by molar-refractivity contribution is 5.95. The number of hydrogen-bond donors (Lipinski definition) is 1. The van der Waals surface area contributed by atoms with Crippen molar-refractivity contribution in [1.29, 1.82) is 0 Å². The molecule has 0 aliphatic carbocycles. The molecule has 1 unspecified atom stereocenters. The van der Waals surface area contributed by atoms with Crippen LogP contribution in [0.4, 0.5) is 28.0 Å². The SMILES string of the molecule is CC1COc2cc(F)c(C(F)(F)F)cc2N1C(=O)N1CCNCC1. The third-order valence-corrected chi connectivity index (χ3v) is 4.13. The van der Waals surface area contributed by atoms with Gasteiger partial charge in [-0.15, -0.1) is 0 Å². The van der Waals surface area contributed by atoms with Crippen LogP contribution in [-0.4, -0.2) is 49.8 Å². The van der Waals surface area contributed by atoms with Gasteiger partial charge in [-0.25, -0.2) is 9.18 Å². The molecule has 2 heterocycles. The predicted molar refractivity (Wildman–Crippen MR) is 78.7 cm³/mol. The van der Waals surface area contributed by atoms with E-state index in [4.69, 9.17) is 4.74 Å². The fraction of sp³-hybridized carbons (Fsp3) is 0.533. The number of nitrogens with zero attached hydrogens (tertiary/aromatic N) is 2. The number of ether oxygens (including phenoxy) is 1. The molecule has 1 aromatic rings. The van der Waals surface area contributed by atoms with Crippen molar-refractivity contribution in [1.82, 2.24) is 10.2 Å². The third-order valence-electron chi connectivity index (χ3n) is 4.13. The van der Waals surface area contributed by atoms with Crippen LogP contribution in [0.3, 0.4) is 0 Å². The number of amides is 2. The Balaban J connectivity index is 2.01. The van der Waals surface area contributed by atoms with Gasteiger partial charge in [0.05, 0.1) is 17.3 Å². The topological polar surface area (TPSA) is 44.8 Å². The van der Waals surface area contributed by atoms with Crippen LogP contribution in [0, 0.1) is 5.82 Å². The molecular formula is C15H17F4N3O2. The first kappa shape index (κ1) is 16.8. The Bertz CT molecular complexity index is 644. The van der Waals surface area contributed by atoms with Crippen molar-refractivity contribution < 1.29 is 27.1 Å². The minimum Gasteiger partial charge on any atom is -0.489 e. The van der Waals surface area contributed by atoms with Crippen LogP contribution in [0.1, 0.15) is 12.5 Å². The summed E-state index contributed by atoms with van der Waals surface area (Å²) in [7, 11) is 0. The number of carbonyl (C=O) groups excluding carboxylic acids is 1. The summed E-state index contributed by atoms with van der Waals surface area (Å²) in [5, 5.41) is 3.10. The second-order valence-corrected chi connectivity index (χ2v) is 5.85. The number of anilines is 1. The number of hydrogen-bond acceptors (Lipinski definition) is 3. The average molecular weight is 347 g/mol. The number of nitrogens with one attached hydrogen (secondary N) is 1. The van der Waals surface area contributed by atoms with Gasteiger partial charge >= 0.3 is 12.2 Å². The van der Waals surface area contributed by atoms with E-state index in [9.17, 15) is 22.4 Å². The highest BCUT2D eigenvalue weighted by Crippen LogP contribution is 2.41. The van der Waals surface area contributed by atoms with Crippen molar-refractivity contribution in [2.45, 2.75) is 19.1 Å². The summed E-state index contributed by atoms with van der Waals surface area (Å²) < 4.78 is 58.0. The van der Waals surface area contributed by atoms with E-state index in [0.29, 0.717) is 38.3 Å². The molecule has 0 saturated carbocycles. The Hall–Kier alpha value is -2.03. The zero-order chi connectivity index (χ0) is 17.5. The van der Waals surface area contributed by atoms with Gasteiger partial charge in [-0.05, 0) is 13.0 Å². The minimum atomic E-state index is -4.84. The number of benzene rings is 1. The Kier molecular flexibility index (Phi) is 4.29. The van der Waals surface area contributed by atoms with E-state index in [0.717, 1.165) is 0 Å². The Morgan fingerprint density at radius 3 is 2.58 bits per heavy atom. The fourth-order valence-electron chi connectivity index (χ4n) is 2.89. The number of alkyl halides is 3. The maximum absolute atomic E-state index is 13.7. The van der Waals surface area contributed by atoms with Crippen molar-refractivity contribution in [2.24, 2.45) is 0 Å². The number of piperazine rings is 1. The summed E-state index contributed by atoms with van der Waals surface area (Å²) in [6.45, 7) is 3.94. The molecule has 2 aliphatic rings. The Labute approximate surface area is 136 Å². The third kappa shape index (κ3) is 3.00. The van der Waals surface area contributed by atoms with Gasteiger partial charge in [0.15, 0.2) is 0 Å². The molecule has 1 atom stereocenters. The van der Waals surface area contributed by atoms with E-state index >= 15 is 0 Å². The van der Waals surface area contributed by atoms with Crippen LogP contribution < -0.4 is 15.0 Å². The normalized spacial score (nSPS) is 21.3. The van der Waals surface area contributed by atoms with Gasteiger partial charge in [0, 0.05) is 32.2 Å².